The number of hydrogen-bond acceptors (Lipinski definition) is 8. The molecule has 4 aliphatic heterocycles. The third-order valence-electron chi connectivity index (χ3n) is 11.5. The number of aryl methyl sites for hydroxylation is 2. The van der Waals surface area contributed by atoms with Gasteiger partial charge in [-0.2, -0.15) is 5.10 Å². The number of pyridine rings is 1. The molecule has 1 saturated carbocycles. The van der Waals surface area contributed by atoms with Gasteiger partial charge in [-0.25, -0.2) is 10.4 Å². The first kappa shape index (κ1) is 30.4. The normalized spacial score (nSPS) is 29.5. The smallest absolute Gasteiger partial charge is 0.237 e. The van der Waals surface area contributed by atoms with Crippen molar-refractivity contribution in [3.05, 3.63) is 71.8 Å². The van der Waals surface area contributed by atoms with Crippen LogP contribution in [0.1, 0.15) is 61.4 Å². The Balaban J connectivity index is 0.850. The lowest BCUT2D eigenvalue weighted by molar-refractivity contribution is -0.139. The van der Waals surface area contributed by atoms with Crippen molar-refractivity contribution < 1.29 is 9.59 Å². The van der Waals surface area contributed by atoms with Gasteiger partial charge in [-0.05, 0) is 86.7 Å². The molecule has 2 aromatic heterocycles. The Morgan fingerprint density at radius 3 is 2.62 bits per heavy atom. The zero-order chi connectivity index (χ0) is 32.1. The van der Waals surface area contributed by atoms with E-state index in [1.165, 1.54) is 16.7 Å². The van der Waals surface area contributed by atoms with Crippen molar-refractivity contribution in [3.8, 4) is 11.4 Å². The zero-order valence-electron chi connectivity index (χ0n) is 27.4. The molecule has 1 aromatic carbocycles. The summed E-state index contributed by atoms with van der Waals surface area (Å²) in [6.07, 6.45) is 11.5. The Hall–Kier alpha value is -3.93. The lowest BCUT2D eigenvalue weighted by Crippen LogP contribution is -2.47. The fourth-order valence-electron chi connectivity index (χ4n) is 8.83. The molecule has 11 heteroatoms. The second kappa shape index (κ2) is 12.3. The third kappa shape index (κ3) is 5.78. The number of rotatable bonds is 6. The molecule has 5 atom stereocenters. The van der Waals surface area contributed by atoms with Gasteiger partial charge < -0.3 is 9.80 Å². The van der Waals surface area contributed by atoms with Crippen molar-refractivity contribution in [2.45, 2.75) is 63.6 Å². The summed E-state index contributed by atoms with van der Waals surface area (Å²) in [7, 11) is 1.87. The standard InChI is InChI=1S/C36H45N9O2/c1-24-19-28(9-14-37-24)33-30-20-29(7-8-31(30)39-40-33)45-18-13-36(35(45)47)12-17-43(22-36)21-32(46)44-15-10-26(11-16-44)25-3-5-27(6-4-25)34-38-23-42(2)41-34/h3-6,9-10,14,19,23,29-31,33,39-40H,7-8,11-13,15-18,20-22H2,1-2H3/t29?,30?,31?,33?,36-/m0/s1. The van der Waals surface area contributed by atoms with Gasteiger partial charge in [-0.15, -0.1) is 0 Å². The van der Waals surface area contributed by atoms with E-state index in [1.54, 1.807) is 11.0 Å². The van der Waals surface area contributed by atoms with Crippen molar-refractivity contribution in [1.82, 2.24) is 45.3 Å². The topological polar surface area (TPSA) is 112 Å². The molecule has 8 rings (SSSR count). The Kier molecular flexibility index (Phi) is 7.93. The van der Waals surface area contributed by atoms with E-state index in [-0.39, 0.29) is 23.4 Å². The predicted molar refractivity (Wildman–Crippen MR) is 178 cm³/mol. The monoisotopic (exact) mass is 635 g/mol. The fourth-order valence-corrected chi connectivity index (χ4v) is 8.83. The summed E-state index contributed by atoms with van der Waals surface area (Å²) in [4.78, 5) is 42.6. The van der Waals surface area contributed by atoms with Crippen molar-refractivity contribution in [2.75, 3.05) is 39.3 Å². The van der Waals surface area contributed by atoms with Crippen LogP contribution < -0.4 is 10.9 Å². The van der Waals surface area contributed by atoms with E-state index in [0.29, 0.717) is 44.0 Å². The Morgan fingerprint density at radius 2 is 1.85 bits per heavy atom. The third-order valence-corrected chi connectivity index (χ3v) is 11.5. The number of benzene rings is 1. The first-order chi connectivity index (χ1) is 22.8. The van der Waals surface area contributed by atoms with Crippen LogP contribution in [0.3, 0.4) is 0 Å². The molecule has 11 nitrogen and oxygen atoms in total. The van der Waals surface area contributed by atoms with E-state index in [1.807, 2.05) is 25.1 Å². The number of carbonyl (C=O) groups excluding carboxylic acids is 2. The largest absolute Gasteiger partial charge is 0.339 e. The van der Waals surface area contributed by atoms with Crippen molar-refractivity contribution in [1.29, 1.82) is 0 Å². The minimum atomic E-state index is -0.336. The highest BCUT2D eigenvalue weighted by Gasteiger charge is 2.53. The molecule has 1 spiro atoms. The molecule has 0 bridgehead atoms. The molecular weight excluding hydrogens is 590 g/mol. The van der Waals surface area contributed by atoms with Crippen molar-refractivity contribution in [2.24, 2.45) is 18.4 Å². The van der Waals surface area contributed by atoms with Crippen molar-refractivity contribution >= 4 is 17.4 Å². The average molecular weight is 636 g/mol. The second-order valence-corrected chi connectivity index (χ2v) is 14.4. The summed E-state index contributed by atoms with van der Waals surface area (Å²) < 4.78 is 1.71. The van der Waals surface area contributed by atoms with Crippen LogP contribution in [-0.2, 0) is 16.6 Å². The Bertz CT molecular complexity index is 1690. The molecule has 0 radical (unpaired) electrons. The summed E-state index contributed by atoms with van der Waals surface area (Å²) >= 11 is 0. The zero-order valence-corrected chi connectivity index (χ0v) is 27.4. The van der Waals surface area contributed by atoms with Crippen LogP contribution in [0.2, 0.25) is 0 Å². The molecule has 4 unspecified atom stereocenters. The van der Waals surface area contributed by atoms with E-state index in [4.69, 9.17) is 0 Å². The number of likely N-dealkylation sites (tertiary alicyclic amines) is 2. The highest BCUT2D eigenvalue weighted by atomic mass is 16.2. The molecule has 5 aliphatic rings. The summed E-state index contributed by atoms with van der Waals surface area (Å²) in [5.74, 6) is 1.65. The molecule has 6 heterocycles. The highest BCUT2D eigenvalue weighted by Crippen LogP contribution is 2.45. The number of aromatic nitrogens is 4. The molecule has 3 saturated heterocycles. The van der Waals surface area contributed by atoms with Crippen LogP contribution in [0.5, 0.6) is 0 Å². The first-order valence-corrected chi connectivity index (χ1v) is 17.3. The van der Waals surface area contributed by atoms with Gasteiger partial charge in [-0.1, -0.05) is 30.3 Å². The average Bonchev–Trinajstić information content (AvgIpc) is 3.88. The van der Waals surface area contributed by atoms with E-state index in [2.05, 4.69) is 78.2 Å². The number of fused-ring (bicyclic) bond motifs is 1. The quantitative estimate of drug-likeness (QED) is 0.425. The molecule has 2 amide bonds. The van der Waals surface area contributed by atoms with E-state index in [9.17, 15) is 9.59 Å². The number of nitrogens with one attached hydrogen (secondary N) is 2. The van der Waals surface area contributed by atoms with Gasteiger partial charge in [0.25, 0.3) is 0 Å². The lowest BCUT2D eigenvalue weighted by Gasteiger charge is -2.38. The molecule has 4 fully saturated rings. The predicted octanol–water partition coefficient (Wildman–Crippen LogP) is 3.11. The maximum atomic E-state index is 14.1. The lowest BCUT2D eigenvalue weighted by atomic mass is 9.76. The molecule has 3 aromatic rings. The maximum Gasteiger partial charge on any atom is 0.237 e. The van der Waals surface area contributed by atoms with Gasteiger partial charge in [0, 0.05) is 62.8 Å². The Morgan fingerprint density at radius 1 is 1.02 bits per heavy atom. The number of carbonyl (C=O) groups is 2. The van der Waals surface area contributed by atoms with E-state index >= 15 is 0 Å². The van der Waals surface area contributed by atoms with Gasteiger partial charge in [0.1, 0.15) is 6.33 Å². The highest BCUT2D eigenvalue weighted by molar-refractivity contribution is 5.86. The minimum absolute atomic E-state index is 0.160. The van der Waals surface area contributed by atoms with Gasteiger partial charge in [0.15, 0.2) is 5.82 Å². The van der Waals surface area contributed by atoms with E-state index in [0.717, 1.165) is 68.7 Å². The van der Waals surface area contributed by atoms with Crippen molar-refractivity contribution in [3.63, 3.8) is 0 Å². The molecular formula is C36H45N9O2. The molecule has 47 heavy (non-hydrogen) atoms. The maximum absolute atomic E-state index is 14.1. The summed E-state index contributed by atoms with van der Waals surface area (Å²) in [6, 6.07) is 13.6. The van der Waals surface area contributed by atoms with Crippen LogP contribution in [0.4, 0.5) is 0 Å². The van der Waals surface area contributed by atoms with Crippen LogP contribution in [0, 0.1) is 18.3 Å². The van der Waals surface area contributed by atoms with Gasteiger partial charge in [0.05, 0.1) is 18.0 Å². The second-order valence-electron chi connectivity index (χ2n) is 14.4. The Labute approximate surface area is 276 Å². The summed E-state index contributed by atoms with van der Waals surface area (Å²) in [6.45, 7) is 6.11. The van der Waals surface area contributed by atoms with E-state index < -0.39 is 0 Å². The van der Waals surface area contributed by atoms with Crippen LogP contribution in [-0.4, -0.2) is 97.6 Å². The van der Waals surface area contributed by atoms with Crippen LogP contribution in [0.25, 0.3) is 17.0 Å². The number of hydrazine groups is 1. The van der Waals surface area contributed by atoms with Gasteiger partial charge in [0.2, 0.25) is 11.8 Å². The summed E-state index contributed by atoms with van der Waals surface area (Å²) in [5.41, 5.74) is 12.5. The molecule has 2 N–H and O–H groups in total. The minimum Gasteiger partial charge on any atom is -0.339 e. The summed E-state index contributed by atoms with van der Waals surface area (Å²) in [5, 5.41) is 4.39. The van der Waals surface area contributed by atoms with Gasteiger partial charge >= 0.3 is 0 Å². The van der Waals surface area contributed by atoms with Crippen LogP contribution >= 0.6 is 0 Å². The van der Waals surface area contributed by atoms with Crippen LogP contribution in [0.15, 0.2) is 55.0 Å². The number of amides is 2. The fraction of sp³-hybridized carbons (Fsp3) is 0.528. The number of nitrogens with zero attached hydrogens (tertiary/aromatic N) is 7. The first-order valence-electron chi connectivity index (χ1n) is 17.3. The van der Waals surface area contributed by atoms with Gasteiger partial charge in [-0.3, -0.25) is 29.6 Å². The number of hydrogen-bond donors (Lipinski definition) is 2. The molecule has 1 aliphatic carbocycles. The molecule has 246 valence electrons. The SMILES string of the molecule is Cc1cc(C2NNC3CCC(N4CC[C@]5(CCN(CC(=O)N6CC=C(c7ccc(-c8ncn(C)n8)cc7)CC6)C5)C4=O)CC32)ccn1.